The van der Waals surface area contributed by atoms with Crippen LogP contribution in [0.25, 0.3) is 16.6 Å². The van der Waals surface area contributed by atoms with Crippen molar-refractivity contribution in [1.29, 1.82) is 0 Å². The summed E-state index contributed by atoms with van der Waals surface area (Å²) in [6.45, 7) is 4.11. The first-order chi connectivity index (χ1) is 15.2. The Morgan fingerprint density at radius 3 is 2.31 bits per heavy atom. The Labute approximate surface area is 183 Å². The first-order valence-corrected chi connectivity index (χ1v) is 10.1. The number of benzene rings is 2. The molecule has 0 spiro atoms. The van der Waals surface area contributed by atoms with Gasteiger partial charge in [-0.15, -0.1) is 0 Å². The van der Waals surface area contributed by atoms with Gasteiger partial charge in [-0.3, -0.25) is 9.59 Å². The van der Waals surface area contributed by atoms with Crippen LogP contribution in [0.4, 0.5) is 10.1 Å². The summed E-state index contributed by atoms with van der Waals surface area (Å²) in [5.74, 6) is -2.11. The molecule has 1 aliphatic heterocycles. The largest absolute Gasteiger partial charge is 0.477 e. The van der Waals surface area contributed by atoms with E-state index in [1.807, 2.05) is 11.9 Å². The minimum atomic E-state index is -1.40. The number of carboxylic acid groups (broad SMARTS) is 1. The minimum Gasteiger partial charge on any atom is -0.477 e. The average Bonchev–Trinajstić information content (AvgIpc) is 2.75. The fourth-order valence-electron chi connectivity index (χ4n) is 3.83. The van der Waals surface area contributed by atoms with Gasteiger partial charge in [0.1, 0.15) is 17.1 Å². The molecular weight excluding hydrogens is 417 g/mol. The third kappa shape index (κ3) is 4.06. The van der Waals surface area contributed by atoms with Gasteiger partial charge in [-0.2, -0.15) is 0 Å². The third-order valence-corrected chi connectivity index (χ3v) is 5.52. The van der Waals surface area contributed by atoms with Gasteiger partial charge in [0.15, 0.2) is 0 Å². The van der Waals surface area contributed by atoms with E-state index in [1.54, 1.807) is 30.3 Å². The number of likely N-dealkylation sites (N-methyl/N-ethyl adjacent to an activating group) is 1. The Bertz CT molecular complexity index is 1260. The maximum absolute atomic E-state index is 15.0. The Kier molecular flexibility index (Phi) is 5.67. The van der Waals surface area contributed by atoms with Crippen LogP contribution in [-0.4, -0.2) is 59.7 Å². The molecule has 1 saturated heterocycles. The third-order valence-electron chi connectivity index (χ3n) is 5.52. The summed E-state index contributed by atoms with van der Waals surface area (Å²) in [5, 5.41) is 9.49. The van der Waals surface area contributed by atoms with Gasteiger partial charge in [0.05, 0.1) is 11.2 Å². The summed E-state index contributed by atoms with van der Waals surface area (Å²) >= 11 is 0. The van der Waals surface area contributed by atoms with Crippen molar-refractivity contribution in [3.63, 3.8) is 0 Å². The molecule has 1 aliphatic rings. The van der Waals surface area contributed by atoms with Gasteiger partial charge in [0.2, 0.25) is 5.43 Å². The number of hydrogen-bond acceptors (Lipinski definition) is 6. The number of ether oxygens (including phenoxy) is 1. The second-order valence-corrected chi connectivity index (χ2v) is 7.75. The number of carbonyl (C=O) groups excluding carboxylic acids is 1. The Hall–Kier alpha value is -3.72. The molecule has 1 N–H and O–H groups in total. The summed E-state index contributed by atoms with van der Waals surface area (Å²) in [5.41, 5.74) is 0.0654. The van der Waals surface area contributed by atoms with Crippen molar-refractivity contribution in [2.75, 3.05) is 38.1 Å². The molecule has 0 amide bonds. The number of carbonyl (C=O) groups is 2. The van der Waals surface area contributed by atoms with Crippen molar-refractivity contribution < 1.29 is 23.8 Å². The molecule has 0 unspecified atom stereocenters. The maximum Gasteiger partial charge on any atom is 0.341 e. The highest BCUT2D eigenvalue weighted by Gasteiger charge is 2.22. The van der Waals surface area contributed by atoms with Gasteiger partial charge >= 0.3 is 11.9 Å². The molecule has 166 valence electrons. The van der Waals surface area contributed by atoms with Crippen molar-refractivity contribution in [2.24, 2.45) is 0 Å². The molecule has 32 heavy (non-hydrogen) atoms. The lowest BCUT2D eigenvalue weighted by Crippen LogP contribution is -2.44. The smallest absolute Gasteiger partial charge is 0.341 e. The number of anilines is 1. The Morgan fingerprint density at radius 2 is 1.72 bits per heavy atom. The Balaban J connectivity index is 1.90. The second kappa shape index (κ2) is 8.43. The summed E-state index contributed by atoms with van der Waals surface area (Å²) in [4.78, 5) is 39.7. The van der Waals surface area contributed by atoms with Gasteiger partial charge in [-0.25, -0.2) is 9.18 Å². The minimum absolute atomic E-state index is 0.0238. The van der Waals surface area contributed by atoms with Crippen LogP contribution in [0.1, 0.15) is 17.3 Å². The number of hydrogen-bond donors (Lipinski definition) is 1. The van der Waals surface area contributed by atoms with E-state index in [9.17, 15) is 19.5 Å². The molecule has 1 fully saturated rings. The van der Waals surface area contributed by atoms with E-state index in [2.05, 4.69) is 4.90 Å². The van der Waals surface area contributed by atoms with Crippen LogP contribution < -0.4 is 15.1 Å². The fourth-order valence-corrected chi connectivity index (χ4v) is 3.83. The SMILES string of the molecule is CC(=O)Oc1ccc(-n2cc(C(=O)O)c(=O)c3cc(F)c(N4CCN(C)CC4)cc32)cc1. The van der Waals surface area contributed by atoms with Gasteiger partial charge in [-0.1, -0.05) is 0 Å². The first-order valence-electron chi connectivity index (χ1n) is 10.1. The highest BCUT2D eigenvalue weighted by molar-refractivity contribution is 5.94. The van der Waals surface area contributed by atoms with E-state index < -0.39 is 28.7 Å². The zero-order chi connectivity index (χ0) is 23.0. The van der Waals surface area contributed by atoms with Crippen LogP contribution in [0.2, 0.25) is 0 Å². The summed E-state index contributed by atoms with van der Waals surface area (Å²) < 4.78 is 21.6. The highest BCUT2D eigenvalue weighted by atomic mass is 19.1. The molecule has 3 aromatic rings. The number of nitrogens with zero attached hydrogens (tertiary/aromatic N) is 3. The van der Waals surface area contributed by atoms with Gasteiger partial charge in [0.25, 0.3) is 0 Å². The lowest BCUT2D eigenvalue weighted by Gasteiger charge is -2.34. The molecule has 9 heteroatoms. The summed E-state index contributed by atoms with van der Waals surface area (Å²) in [6.07, 6.45) is 1.24. The van der Waals surface area contributed by atoms with Crippen LogP contribution in [0.15, 0.2) is 47.4 Å². The average molecular weight is 439 g/mol. The number of rotatable bonds is 4. The molecule has 8 nitrogen and oxygen atoms in total. The lowest BCUT2D eigenvalue weighted by atomic mass is 10.1. The summed E-state index contributed by atoms with van der Waals surface area (Å²) in [6, 6.07) is 9.09. The number of aromatic nitrogens is 1. The molecule has 0 radical (unpaired) electrons. The lowest BCUT2D eigenvalue weighted by molar-refractivity contribution is -0.131. The van der Waals surface area contributed by atoms with Crippen molar-refractivity contribution in [2.45, 2.75) is 6.92 Å². The highest BCUT2D eigenvalue weighted by Crippen LogP contribution is 2.28. The molecule has 2 heterocycles. The topological polar surface area (TPSA) is 92.1 Å². The number of esters is 1. The Morgan fingerprint density at radius 1 is 1.06 bits per heavy atom. The van der Waals surface area contributed by atoms with Gasteiger partial charge in [-0.05, 0) is 43.4 Å². The summed E-state index contributed by atoms with van der Waals surface area (Å²) in [7, 11) is 2.00. The number of carboxylic acids is 1. The maximum atomic E-state index is 15.0. The molecule has 0 bridgehead atoms. The van der Waals surface area contributed by atoms with Gasteiger partial charge < -0.3 is 24.2 Å². The van der Waals surface area contributed by atoms with Crippen LogP contribution in [0.3, 0.4) is 0 Å². The predicted molar refractivity (Wildman–Crippen MR) is 117 cm³/mol. The molecule has 0 atom stereocenters. The van der Waals surface area contributed by atoms with E-state index in [-0.39, 0.29) is 5.39 Å². The fraction of sp³-hybridized carbons (Fsp3) is 0.261. The number of aromatic carboxylic acids is 1. The monoisotopic (exact) mass is 439 g/mol. The molecule has 0 aliphatic carbocycles. The van der Waals surface area contributed by atoms with Crippen molar-refractivity contribution in [1.82, 2.24) is 9.47 Å². The van der Waals surface area contributed by atoms with Crippen molar-refractivity contribution in [3.05, 3.63) is 64.2 Å². The molecule has 1 aromatic heterocycles. The van der Waals surface area contributed by atoms with E-state index in [0.29, 0.717) is 35.7 Å². The second-order valence-electron chi connectivity index (χ2n) is 7.75. The number of pyridine rings is 1. The number of piperazine rings is 1. The molecule has 2 aromatic carbocycles. The van der Waals surface area contributed by atoms with Crippen LogP contribution in [-0.2, 0) is 4.79 Å². The van der Waals surface area contributed by atoms with Gasteiger partial charge in [0, 0.05) is 50.4 Å². The number of halogens is 1. The van der Waals surface area contributed by atoms with E-state index in [1.165, 1.54) is 17.7 Å². The van der Waals surface area contributed by atoms with E-state index >= 15 is 4.39 Å². The molecule has 4 rings (SSSR count). The van der Waals surface area contributed by atoms with Crippen molar-refractivity contribution in [3.8, 4) is 11.4 Å². The van der Waals surface area contributed by atoms with E-state index in [0.717, 1.165) is 19.2 Å². The van der Waals surface area contributed by atoms with Crippen LogP contribution >= 0.6 is 0 Å². The van der Waals surface area contributed by atoms with Crippen molar-refractivity contribution >= 4 is 28.5 Å². The zero-order valence-electron chi connectivity index (χ0n) is 17.7. The number of fused-ring (bicyclic) bond motifs is 1. The standard InChI is InChI=1S/C23H22FN3O5/c1-14(28)32-16-5-3-15(4-6-16)27-13-18(23(30)31)22(29)17-11-19(24)21(12-20(17)27)26-9-7-25(2)8-10-26/h3-6,11-13H,7-10H2,1-2H3,(H,30,31). The van der Waals surface area contributed by atoms with E-state index in [4.69, 9.17) is 4.74 Å². The quantitative estimate of drug-likeness (QED) is 0.493. The predicted octanol–water partition coefficient (Wildman–Crippen LogP) is 2.51. The molecule has 0 saturated carbocycles. The molecular formula is C23H22FN3O5. The van der Waals surface area contributed by atoms with Crippen LogP contribution in [0, 0.1) is 5.82 Å². The first kappa shape index (κ1) is 21.5. The zero-order valence-corrected chi connectivity index (χ0v) is 17.7. The normalized spacial score (nSPS) is 14.5. The van der Waals surface area contributed by atoms with Crippen LogP contribution in [0.5, 0.6) is 5.75 Å².